The first kappa shape index (κ1) is 67.3. The lowest BCUT2D eigenvalue weighted by Crippen LogP contribution is -2.33. The Balaban J connectivity index is 0.000000359. The van der Waals surface area contributed by atoms with Crippen LogP contribution in [0.4, 0.5) is 0 Å². The summed E-state index contributed by atoms with van der Waals surface area (Å²) < 4.78 is 15.8. The lowest BCUT2D eigenvalue weighted by Gasteiger charge is -2.04. The zero-order chi connectivity index (χ0) is 59.4. The molecule has 420 valence electrons. The van der Waals surface area contributed by atoms with Gasteiger partial charge in [-0.25, -0.2) is 18.3 Å². The highest BCUT2D eigenvalue weighted by molar-refractivity contribution is 6.11. The lowest BCUT2D eigenvalue weighted by molar-refractivity contribution is -0.665. The van der Waals surface area contributed by atoms with E-state index in [1.165, 1.54) is 93.7 Å². The van der Waals surface area contributed by atoms with Crippen molar-refractivity contribution in [2.24, 2.45) is 28.2 Å². The van der Waals surface area contributed by atoms with Gasteiger partial charge in [-0.3, -0.25) is 0 Å². The molecule has 12 rings (SSSR count). The Morgan fingerprint density at radius 3 is 1.16 bits per heavy atom. The van der Waals surface area contributed by atoms with E-state index in [2.05, 4.69) is 270 Å². The largest absolute Gasteiger partial charge is 0.369 e. The molecule has 0 saturated heterocycles. The van der Waals surface area contributed by atoms with Gasteiger partial charge in [0.15, 0.2) is 0 Å². The van der Waals surface area contributed by atoms with Crippen molar-refractivity contribution < 1.29 is 13.7 Å². The van der Waals surface area contributed by atoms with Gasteiger partial charge in [0.25, 0.3) is 11.5 Å². The minimum absolute atomic E-state index is 1.16. The number of aromatic nitrogens is 7. The van der Waals surface area contributed by atoms with Crippen molar-refractivity contribution in [3.8, 4) is 17.5 Å². The maximum Gasteiger partial charge on any atom is 0.369 e. The smallest absolute Gasteiger partial charge is 0.237 e. The Morgan fingerprint density at radius 1 is 0.304 bits per heavy atom. The number of pyridine rings is 2. The molecule has 6 aromatic carbocycles. The summed E-state index contributed by atoms with van der Waals surface area (Å²) in [5.74, 6) is 2.34. The fourth-order valence-corrected chi connectivity index (χ4v) is 9.63. The van der Waals surface area contributed by atoms with Crippen LogP contribution < -0.4 is 13.7 Å². The predicted molar refractivity (Wildman–Crippen MR) is 350 cm³/mol. The molecule has 0 aliphatic rings. The van der Waals surface area contributed by atoms with Crippen LogP contribution in [0.5, 0.6) is 0 Å². The summed E-state index contributed by atoms with van der Waals surface area (Å²) in [5.41, 5.74) is 12.7. The summed E-state index contributed by atoms with van der Waals surface area (Å²) in [7, 11) is 8.38. The Kier molecular flexibility index (Phi) is 29.7. The molecule has 0 saturated carbocycles. The molecule has 0 radical (unpaired) electrons. The molecule has 12 aromatic rings. The van der Waals surface area contributed by atoms with Crippen LogP contribution in [0, 0.1) is 20.8 Å². The van der Waals surface area contributed by atoms with Crippen LogP contribution in [0.15, 0.2) is 189 Å². The predicted octanol–water partition coefficient (Wildman–Crippen LogP) is 19.3. The highest BCUT2D eigenvalue weighted by Gasteiger charge is 2.25. The van der Waals surface area contributed by atoms with E-state index in [-0.39, 0.29) is 0 Å². The van der Waals surface area contributed by atoms with Gasteiger partial charge in [0.2, 0.25) is 0 Å². The topological polar surface area (TPSA) is 31.4 Å². The first-order valence-corrected chi connectivity index (χ1v) is 29.6. The van der Waals surface area contributed by atoms with Crippen molar-refractivity contribution in [2.75, 3.05) is 0 Å². The minimum Gasteiger partial charge on any atom is -0.237 e. The van der Waals surface area contributed by atoms with Crippen molar-refractivity contribution in [1.29, 1.82) is 0 Å². The van der Waals surface area contributed by atoms with Gasteiger partial charge >= 0.3 is 5.95 Å². The van der Waals surface area contributed by atoms with Crippen molar-refractivity contribution in [1.82, 2.24) is 18.3 Å². The van der Waals surface area contributed by atoms with Crippen LogP contribution in [0.1, 0.15) is 127 Å². The van der Waals surface area contributed by atoms with Gasteiger partial charge in [-0.15, -0.1) is 0 Å². The fourth-order valence-electron chi connectivity index (χ4n) is 9.63. The highest BCUT2D eigenvalue weighted by atomic mass is 15.3. The number of benzene rings is 6. The summed E-state index contributed by atoms with van der Waals surface area (Å²) in [6, 6.07) is 58.1. The molecule has 0 amide bonds. The third-order valence-corrected chi connectivity index (χ3v) is 12.5. The summed E-state index contributed by atoms with van der Waals surface area (Å²) >= 11 is 0. The summed E-state index contributed by atoms with van der Waals surface area (Å²) in [6.07, 6.45) is 8.38. The van der Waals surface area contributed by atoms with E-state index in [1.807, 2.05) is 111 Å². The Hall–Kier alpha value is -7.77. The number of nitrogens with zero attached hydrogens (tertiary/aromatic N) is 7. The van der Waals surface area contributed by atoms with Crippen LogP contribution >= 0.6 is 0 Å². The highest BCUT2D eigenvalue weighted by Crippen LogP contribution is 2.35. The number of aryl methyl sites for hydroxylation is 7. The molecule has 7 heteroatoms. The minimum atomic E-state index is 1.16. The average Bonchev–Trinajstić information content (AvgIpc) is 4.26. The SMILES string of the molecule is CC.CC.CC.CC.CC.CC.CC.CC.Cc1cccc2c3ccccc3n(-c3cccc[n+]3C)c12.Cc1cccc2c3ccccc3n(-c3n(C)cc[n+]3C)c12.Cc1ccccc1-n1c2ccccc2c2ccc[n+](C)c21. The van der Waals surface area contributed by atoms with Crippen LogP contribution in [-0.2, 0) is 28.2 Å². The van der Waals surface area contributed by atoms with Gasteiger partial charge in [-0.05, 0) is 98.1 Å². The monoisotopic (exact) mass is 1060 g/mol. The average molecular weight is 1060 g/mol. The molecule has 0 unspecified atom stereocenters. The maximum atomic E-state index is 2.36. The fraction of sp³-hybridized carbons (Fsp3) is 0.319. The van der Waals surface area contributed by atoms with E-state index in [0.29, 0.717) is 0 Å². The number of fused-ring (bicyclic) bond motifs is 9. The van der Waals surface area contributed by atoms with Crippen molar-refractivity contribution in [3.63, 3.8) is 0 Å². The van der Waals surface area contributed by atoms with Gasteiger partial charge in [-0.2, -0.15) is 13.7 Å². The van der Waals surface area contributed by atoms with Crippen molar-refractivity contribution in [3.05, 3.63) is 205 Å². The van der Waals surface area contributed by atoms with Gasteiger partial charge in [-0.1, -0.05) is 208 Å². The second-order valence-electron chi connectivity index (χ2n) is 16.6. The summed E-state index contributed by atoms with van der Waals surface area (Å²) in [6.45, 7) is 38.5. The molecule has 0 atom stereocenters. The number of para-hydroxylation sites is 6. The van der Waals surface area contributed by atoms with E-state index in [1.54, 1.807) is 0 Å². The number of imidazole rings is 1. The molecule has 6 heterocycles. The molecule has 6 aromatic heterocycles. The zero-order valence-electron chi connectivity index (χ0n) is 53.0. The lowest BCUT2D eigenvalue weighted by atomic mass is 10.1. The maximum absolute atomic E-state index is 2.36. The van der Waals surface area contributed by atoms with Crippen molar-refractivity contribution >= 4 is 65.5 Å². The van der Waals surface area contributed by atoms with E-state index in [0.717, 1.165) is 5.95 Å². The molecule has 0 aliphatic carbocycles. The molecule has 0 N–H and O–H groups in total. The molecule has 0 fully saturated rings. The zero-order valence-corrected chi connectivity index (χ0v) is 53.0. The van der Waals surface area contributed by atoms with E-state index in [9.17, 15) is 0 Å². The van der Waals surface area contributed by atoms with Crippen LogP contribution in [0.25, 0.3) is 83.0 Å². The Labute approximate surface area is 477 Å². The van der Waals surface area contributed by atoms with Crippen LogP contribution in [0.3, 0.4) is 0 Å². The Morgan fingerprint density at radius 2 is 0.684 bits per heavy atom. The summed E-state index contributed by atoms with van der Waals surface area (Å²) in [4.78, 5) is 0. The van der Waals surface area contributed by atoms with E-state index < -0.39 is 0 Å². The Bertz CT molecular complexity index is 3490. The number of rotatable bonds is 3. The number of hydrogen-bond donors (Lipinski definition) is 0. The van der Waals surface area contributed by atoms with E-state index in [4.69, 9.17) is 0 Å². The first-order chi connectivity index (χ1) is 38.7. The summed E-state index contributed by atoms with van der Waals surface area (Å²) in [5, 5.41) is 7.82. The molecule has 0 bridgehead atoms. The first-order valence-electron chi connectivity index (χ1n) is 29.6. The second kappa shape index (κ2) is 34.9. The molecule has 79 heavy (non-hydrogen) atoms. The van der Waals surface area contributed by atoms with Crippen LogP contribution in [0.2, 0.25) is 0 Å². The third kappa shape index (κ3) is 14.5. The molecular formula is C72H100N7+3. The molecule has 7 nitrogen and oxygen atoms in total. The third-order valence-electron chi connectivity index (χ3n) is 12.5. The quantitative estimate of drug-likeness (QED) is 0.158. The second-order valence-corrected chi connectivity index (χ2v) is 16.6. The van der Waals surface area contributed by atoms with Gasteiger partial charge in [0.1, 0.15) is 33.3 Å². The normalized spacial score (nSPS) is 9.71. The molecule has 0 aliphatic heterocycles. The van der Waals surface area contributed by atoms with Crippen molar-refractivity contribution in [2.45, 2.75) is 132 Å². The van der Waals surface area contributed by atoms with Crippen LogP contribution in [-0.4, -0.2) is 18.3 Å². The standard InChI is InChI=1S/2C19H17N2.C18H18N3.8C2H6/c1-14-8-3-5-11-17(14)21-18-12-6-4-9-15(18)16-10-7-13-20(2)19(16)21;1-14-8-7-10-16-15-9-3-4-11-17(15)21(19(14)16)18-12-5-6-13-20(18)2;1-13-7-6-9-15-14-8-4-5-10-16(14)21(17(13)15)18-19(2)11-12-20(18)3;8*1-2/h2*3-13H,1-2H3;4-12H,1-3H3;8*1-2H3/q3*+1;;;;;;;;. The van der Waals surface area contributed by atoms with Gasteiger partial charge < -0.3 is 0 Å². The van der Waals surface area contributed by atoms with Gasteiger partial charge in [0, 0.05) is 33.0 Å². The molecule has 0 spiro atoms. The molecular weight excluding hydrogens is 963 g/mol. The van der Waals surface area contributed by atoms with Gasteiger partial charge in [0.05, 0.1) is 58.4 Å². The number of hydrogen-bond acceptors (Lipinski definition) is 0. The van der Waals surface area contributed by atoms with E-state index >= 15 is 0 Å².